The van der Waals surface area contributed by atoms with E-state index < -0.39 is 16.6 Å². The van der Waals surface area contributed by atoms with Gasteiger partial charge in [-0.15, -0.1) is 0 Å². The molecule has 2 aromatic rings. The van der Waals surface area contributed by atoms with Gasteiger partial charge in [0, 0.05) is 18.3 Å². The summed E-state index contributed by atoms with van der Waals surface area (Å²) in [6.07, 6.45) is 2.68. The minimum atomic E-state index is -0.737. The molecule has 0 N–H and O–H groups in total. The van der Waals surface area contributed by atoms with E-state index in [0.717, 1.165) is 6.07 Å². The lowest BCUT2D eigenvalue weighted by Gasteiger charge is -2.06. The van der Waals surface area contributed by atoms with Crippen LogP contribution in [0.15, 0.2) is 30.6 Å². The van der Waals surface area contributed by atoms with Crippen LogP contribution in [0.2, 0.25) is 5.02 Å². The number of rotatable bonds is 4. The van der Waals surface area contributed by atoms with Crippen LogP contribution in [0, 0.1) is 10.1 Å². The fraction of sp³-hybridized carbons (Fsp3) is 0.0833. The van der Waals surface area contributed by atoms with Crippen LogP contribution in [-0.2, 0) is 4.74 Å². The molecule has 21 heavy (non-hydrogen) atoms. The van der Waals surface area contributed by atoms with Crippen molar-refractivity contribution in [2.45, 2.75) is 0 Å². The minimum Gasteiger partial charge on any atom is -0.464 e. The quantitative estimate of drug-likeness (QED) is 0.485. The van der Waals surface area contributed by atoms with Gasteiger partial charge in [-0.05, 0) is 6.07 Å². The van der Waals surface area contributed by atoms with Gasteiger partial charge in [-0.2, -0.15) is 4.98 Å². The fourth-order valence-corrected chi connectivity index (χ4v) is 1.59. The minimum absolute atomic E-state index is 0.118. The molecule has 9 heteroatoms. The lowest BCUT2D eigenvalue weighted by molar-refractivity contribution is -0.386. The van der Waals surface area contributed by atoms with Crippen LogP contribution in [0.5, 0.6) is 11.6 Å². The van der Waals surface area contributed by atoms with Crippen LogP contribution in [0.4, 0.5) is 5.69 Å². The Bertz CT molecular complexity index is 707. The Balaban J connectivity index is 2.43. The third kappa shape index (κ3) is 3.42. The molecule has 0 aliphatic rings. The maximum atomic E-state index is 11.4. The highest BCUT2D eigenvalue weighted by Crippen LogP contribution is 2.30. The molecule has 0 fully saturated rings. The number of carbonyl (C=O) groups excluding carboxylic acids is 1. The zero-order valence-corrected chi connectivity index (χ0v) is 11.4. The maximum Gasteiger partial charge on any atom is 0.356 e. The van der Waals surface area contributed by atoms with Crippen LogP contribution < -0.4 is 4.74 Å². The van der Waals surface area contributed by atoms with E-state index in [4.69, 9.17) is 16.3 Å². The molecule has 2 heterocycles. The summed E-state index contributed by atoms with van der Waals surface area (Å²) in [7, 11) is 1.17. The first-order valence-corrected chi connectivity index (χ1v) is 5.91. The number of carbonyl (C=O) groups is 1. The molecule has 0 aliphatic carbocycles. The van der Waals surface area contributed by atoms with E-state index in [0.29, 0.717) is 5.02 Å². The number of ether oxygens (including phenoxy) is 2. The zero-order chi connectivity index (χ0) is 15.4. The monoisotopic (exact) mass is 309 g/mol. The molecule has 8 nitrogen and oxygen atoms in total. The first-order valence-electron chi connectivity index (χ1n) is 5.53. The van der Waals surface area contributed by atoms with E-state index in [1.807, 2.05) is 0 Å². The van der Waals surface area contributed by atoms with Crippen molar-refractivity contribution in [3.05, 3.63) is 51.4 Å². The van der Waals surface area contributed by atoms with Gasteiger partial charge in [-0.1, -0.05) is 11.6 Å². The second-order valence-electron chi connectivity index (χ2n) is 3.71. The molecule has 0 atom stereocenters. The third-order valence-corrected chi connectivity index (χ3v) is 2.53. The molecule has 0 radical (unpaired) electrons. The van der Waals surface area contributed by atoms with E-state index in [9.17, 15) is 14.9 Å². The maximum absolute atomic E-state index is 11.4. The van der Waals surface area contributed by atoms with Gasteiger partial charge in [-0.3, -0.25) is 15.1 Å². The molecule has 0 amide bonds. The lowest BCUT2D eigenvalue weighted by atomic mass is 10.3. The average Bonchev–Trinajstić information content (AvgIpc) is 2.46. The number of pyridine rings is 2. The predicted molar refractivity (Wildman–Crippen MR) is 71.6 cm³/mol. The van der Waals surface area contributed by atoms with Gasteiger partial charge in [0.15, 0.2) is 5.69 Å². The average molecular weight is 310 g/mol. The van der Waals surface area contributed by atoms with Crippen LogP contribution in [0.3, 0.4) is 0 Å². The highest BCUT2D eigenvalue weighted by Gasteiger charge is 2.21. The van der Waals surface area contributed by atoms with Gasteiger partial charge in [0.25, 0.3) is 0 Å². The van der Waals surface area contributed by atoms with Crippen molar-refractivity contribution in [3.8, 4) is 11.6 Å². The van der Waals surface area contributed by atoms with E-state index in [1.54, 1.807) is 0 Å². The number of methoxy groups -OCH3 is 1. The molecule has 0 saturated carbocycles. The summed E-state index contributed by atoms with van der Waals surface area (Å²) in [6.45, 7) is 0. The number of aromatic nitrogens is 2. The molecular weight excluding hydrogens is 302 g/mol. The van der Waals surface area contributed by atoms with Crippen molar-refractivity contribution >= 4 is 23.3 Å². The van der Waals surface area contributed by atoms with Gasteiger partial charge in [-0.25, -0.2) is 4.79 Å². The van der Waals surface area contributed by atoms with E-state index in [1.165, 1.54) is 31.6 Å². The molecule has 0 saturated heterocycles. The molecule has 0 unspecified atom stereocenters. The van der Waals surface area contributed by atoms with Crippen molar-refractivity contribution in [2.75, 3.05) is 7.11 Å². The zero-order valence-electron chi connectivity index (χ0n) is 10.6. The number of hydrogen-bond acceptors (Lipinski definition) is 7. The van der Waals surface area contributed by atoms with Gasteiger partial charge in [0.05, 0.1) is 23.3 Å². The number of hydrogen-bond donors (Lipinski definition) is 0. The van der Waals surface area contributed by atoms with Crippen molar-refractivity contribution in [3.63, 3.8) is 0 Å². The Morgan fingerprint density at radius 2 is 2.14 bits per heavy atom. The van der Waals surface area contributed by atoms with Crippen molar-refractivity contribution in [1.29, 1.82) is 0 Å². The highest BCUT2D eigenvalue weighted by molar-refractivity contribution is 6.30. The molecule has 2 aromatic heterocycles. The van der Waals surface area contributed by atoms with Crippen molar-refractivity contribution in [1.82, 2.24) is 9.97 Å². The first-order chi connectivity index (χ1) is 10.0. The summed E-state index contributed by atoms with van der Waals surface area (Å²) in [5.41, 5.74) is -0.518. The van der Waals surface area contributed by atoms with E-state index >= 15 is 0 Å². The summed E-state index contributed by atoms with van der Waals surface area (Å²) in [4.78, 5) is 29.3. The first kappa shape index (κ1) is 14.7. The third-order valence-electron chi connectivity index (χ3n) is 2.33. The Labute approximate surface area is 123 Å². The molecule has 0 aromatic carbocycles. The van der Waals surface area contributed by atoms with Crippen LogP contribution >= 0.6 is 11.6 Å². The van der Waals surface area contributed by atoms with Gasteiger partial charge in [0.1, 0.15) is 5.75 Å². The van der Waals surface area contributed by atoms with Crippen LogP contribution in [-0.4, -0.2) is 28.0 Å². The topological polar surface area (TPSA) is 104 Å². The molecule has 0 bridgehead atoms. The number of esters is 1. The van der Waals surface area contributed by atoms with Gasteiger partial charge in [0.2, 0.25) is 0 Å². The smallest absolute Gasteiger partial charge is 0.356 e. The predicted octanol–water partition coefficient (Wildman–Crippen LogP) is 2.62. The summed E-state index contributed by atoms with van der Waals surface area (Å²) in [6, 6.07) is 3.68. The highest BCUT2D eigenvalue weighted by atomic mass is 35.5. The number of nitrogens with zero attached hydrogens (tertiary/aromatic N) is 3. The molecule has 0 spiro atoms. The Morgan fingerprint density at radius 3 is 2.76 bits per heavy atom. The summed E-state index contributed by atoms with van der Waals surface area (Å²) in [5, 5.41) is 11.2. The van der Waals surface area contributed by atoms with Crippen LogP contribution in [0.1, 0.15) is 10.5 Å². The van der Waals surface area contributed by atoms with Crippen molar-refractivity contribution < 1.29 is 19.2 Å². The summed E-state index contributed by atoms with van der Waals surface area (Å²) >= 11 is 5.75. The van der Waals surface area contributed by atoms with Gasteiger partial charge >= 0.3 is 17.5 Å². The Kier molecular flexibility index (Phi) is 4.29. The van der Waals surface area contributed by atoms with Gasteiger partial charge < -0.3 is 9.47 Å². The van der Waals surface area contributed by atoms with E-state index in [2.05, 4.69) is 14.7 Å². The van der Waals surface area contributed by atoms with Crippen LogP contribution in [0.25, 0.3) is 0 Å². The summed E-state index contributed by atoms with van der Waals surface area (Å²) < 4.78 is 9.78. The number of nitro groups is 1. The lowest BCUT2D eigenvalue weighted by Crippen LogP contribution is -2.06. The largest absolute Gasteiger partial charge is 0.464 e. The number of halogens is 1. The second-order valence-corrected chi connectivity index (χ2v) is 4.15. The standard InChI is InChI=1S/C12H8ClN3O5/c1-20-12(17)9-2-3-10(16(18)19)11(15-9)21-8-4-7(13)5-14-6-8/h2-6H,1H3. The SMILES string of the molecule is COC(=O)c1ccc([N+](=O)[O-])c(Oc2cncc(Cl)c2)n1. The summed E-state index contributed by atoms with van der Waals surface area (Å²) in [5.74, 6) is -0.939. The van der Waals surface area contributed by atoms with E-state index in [-0.39, 0.29) is 17.3 Å². The molecule has 2 rings (SSSR count). The molecule has 0 aliphatic heterocycles. The normalized spacial score (nSPS) is 10.0. The molecule has 108 valence electrons. The fourth-order valence-electron chi connectivity index (χ4n) is 1.43. The second kappa shape index (κ2) is 6.14. The van der Waals surface area contributed by atoms with Crippen molar-refractivity contribution in [2.24, 2.45) is 0 Å². The Hall–Kier alpha value is -2.74. The molecular formula is C12H8ClN3O5. The Morgan fingerprint density at radius 1 is 1.38 bits per heavy atom.